The van der Waals surface area contributed by atoms with Gasteiger partial charge in [0.1, 0.15) is 5.75 Å². The molecule has 0 radical (unpaired) electrons. The monoisotopic (exact) mass is 558 g/mol. The molecule has 4 aromatic rings. The second kappa shape index (κ2) is 12.6. The Bertz CT molecular complexity index is 1510. The lowest BCUT2D eigenvalue weighted by Gasteiger charge is -2.34. The van der Waals surface area contributed by atoms with Gasteiger partial charge in [-0.3, -0.25) is 14.4 Å². The number of rotatable bonds is 10. The minimum atomic E-state index is -3.91. The maximum absolute atomic E-state index is 13.1. The molecule has 1 aliphatic heterocycles. The van der Waals surface area contributed by atoms with Crippen molar-refractivity contribution in [2.24, 2.45) is 0 Å². The molecule has 40 heavy (non-hydrogen) atoms. The van der Waals surface area contributed by atoms with Crippen LogP contribution in [0.1, 0.15) is 10.4 Å². The summed E-state index contributed by atoms with van der Waals surface area (Å²) in [5, 5.41) is 2.92. The van der Waals surface area contributed by atoms with E-state index in [1.54, 1.807) is 54.9 Å². The number of benzene rings is 3. The standard InChI is InChI=1S/C29H30N6O4S/c36-28(30-17-18-34-19-21-35(22-20-34)29-31-15-6-16-32-29)23-11-13-25(14-12-23)40(37,38)33-26-9-4-5-10-27(26)39-24-7-2-1-3-8-24/h1-16,33H,17-22H2,(H,30,36). The predicted octanol–water partition coefficient (Wildman–Crippen LogP) is 3.62. The zero-order chi connectivity index (χ0) is 27.8. The van der Waals surface area contributed by atoms with Gasteiger partial charge in [-0.1, -0.05) is 30.3 Å². The van der Waals surface area contributed by atoms with Crippen molar-refractivity contribution >= 4 is 27.6 Å². The molecule has 1 amide bonds. The van der Waals surface area contributed by atoms with Crippen molar-refractivity contribution in [3.05, 3.63) is 103 Å². The average molecular weight is 559 g/mol. The molecule has 0 spiro atoms. The van der Waals surface area contributed by atoms with E-state index in [2.05, 4.69) is 29.8 Å². The van der Waals surface area contributed by atoms with Crippen LogP contribution in [-0.2, 0) is 10.0 Å². The Morgan fingerprint density at radius 2 is 1.50 bits per heavy atom. The molecule has 1 saturated heterocycles. The van der Waals surface area contributed by atoms with Crippen LogP contribution < -0.4 is 19.7 Å². The number of nitrogens with one attached hydrogen (secondary N) is 2. The molecular weight excluding hydrogens is 528 g/mol. The number of para-hydroxylation sites is 3. The summed E-state index contributed by atoms with van der Waals surface area (Å²) in [6.45, 7) is 4.56. The molecule has 1 fully saturated rings. The van der Waals surface area contributed by atoms with Gasteiger partial charge in [0.15, 0.2) is 5.75 Å². The molecule has 0 bridgehead atoms. The number of ether oxygens (including phenoxy) is 1. The van der Waals surface area contributed by atoms with E-state index >= 15 is 0 Å². The van der Waals surface area contributed by atoms with Crippen LogP contribution in [0.15, 0.2) is 102 Å². The molecule has 2 N–H and O–H groups in total. The second-order valence-electron chi connectivity index (χ2n) is 9.17. The van der Waals surface area contributed by atoms with E-state index < -0.39 is 10.0 Å². The van der Waals surface area contributed by atoms with Gasteiger partial charge in [0.05, 0.1) is 10.6 Å². The van der Waals surface area contributed by atoms with Gasteiger partial charge in [-0.2, -0.15) is 0 Å². The number of anilines is 2. The highest BCUT2D eigenvalue weighted by Gasteiger charge is 2.20. The predicted molar refractivity (Wildman–Crippen MR) is 153 cm³/mol. The Balaban J connectivity index is 1.12. The molecular formula is C29H30N6O4S. The molecule has 5 rings (SSSR count). The summed E-state index contributed by atoms with van der Waals surface area (Å²) in [5.74, 6) is 1.45. The van der Waals surface area contributed by atoms with Gasteiger partial charge >= 0.3 is 0 Å². The molecule has 0 unspecified atom stereocenters. The van der Waals surface area contributed by atoms with E-state index in [0.29, 0.717) is 29.3 Å². The van der Waals surface area contributed by atoms with Crippen LogP contribution >= 0.6 is 0 Å². The summed E-state index contributed by atoms with van der Waals surface area (Å²) < 4.78 is 34.6. The second-order valence-corrected chi connectivity index (χ2v) is 10.9. The zero-order valence-corrected chi connectivity index (χ0v) is 22.6. The van der Waals surface area contributed by atoms with Crippen molar-refractivity contribution < 1.29 is 17.9 Å². The van der Waals surface area contributed by atoms with Gasteiger partial charge in [0, 0.05) is 57.2 Å². The van der Waals surface area contributed by atoms with Crippen LogP contribution in [-0.4, -0.2) is 68.5 Å². The molecule has 0 aliphatic carbocycles. The molecule has 0 saturated carbocycles. The topological polar surface area (TPSA) is 117 Å². The quantitative estimate of drug-likeness (QED) is 0.303. The maximum atomic E-state index is 13.1. The van der Waals surface area contributed by atoms with Gasteiger partial charge in [-0.05, 0) is 54.6 Å². The van der Waals surface area contributed by atoms with Crippen LogP contribution in [0.5, 0.6) is 11.5 Å². The Morgan fingerprint density at radius 1 is 0.825 bits per heavy atom. The number of sulfonamides is 1. The van der Waals surface area contributed by atoms with Crippen LogP contribution in [0, 0.1) is 0 Å². The number of hydrogen-bond acceptors (Lipinski definition) is 8. The molecule has 1 aliphatic rings. The third-order valence-corrected chi connectivity index (χ3v) is 7.83. The van der Waals surface area contributed by atoms with Crippen LogP contribution in [0.2, 0.25) is 0 Å². The van der Waals surface area contributed by atoms with E-state index in [9.17, 15) is 13.2 Å². The summed E-state index contributed by atoms with van der Waals surface area (Å²) in [6, 6.07) is 23.6. The maximum Gasteiger partial charge on any atom is 0.262 e. The number of amides is 1. The number of aromatic nitrogens is 2. The van der Waals surface area contributed by atoms with Crippen molar-refractivity contribution in [2.75, 3.05) is 48.9 Å². The Labute approximate surface area is 233 Å². The minimum absolute atomic E-state index is 0.0406. The van der Waals surface area contributed by atoms with Crippen molar-refractivity contribution in [2.45, 2.75) is 4.90 Å². The lowest BCUT2D eigenvalue weighted by atomic mass is 10.2. The van der Waals surface area contributed by atoms with Crippen molar-refractivity contribution in [3.8, 4) is 11.5 Å². The number of carbonyl (C=O) groups is 1. The summed E-state index contributed by atoms with van der Waals surface area (Å²) in [4.78, 5) is 25.7. The van der Waals surface area contributed by atoms with Crippen LogP contribution in [0.25, 0.3) is 0 Å². The highest BCUT2D eigenvalue weighted by Crippen LogP contribution is 2.31. The first kappa shape index (κ1) is 27.1. The fourth-order valence-electron chi connectivity index (χ4n) is 4.30. The van der Waals surface area contributed by atoms with Crippen molar-refractivity contribution in [1.29, 1.82) is 0 Å². The van der Waals surface area contributed by atoms with E-state index in [1.807, 2.05) is 18.2 Å². The summed E-state index contributed by atoms with van der Waals surface area (Å²) in [6.07, 6.45) is 3.48. The smallest absolute Gasteiger partial charge is 0.262 e. The number of carbonyl (C=O) groups excluding carboxylic acids is 1. The third kappa shape index (κ3) is 6.93. The van der Waals surface area contributed by atoms with E-state index in [1.165, 1.54) is 24.3 Å². The summed E-state index contributed by atoms with van der Waals surface area (Å²) in [5.41, 5.74) is 0.697. The molecule has 0 atom stereocenters. The Morgan fingerprint density at radius 3 is 2.23 bits per heavy atom. The zero-order valence-electron chi connectivity index (χ0n) is 21.8. The normalized spacial score (nSPS) is 13.9. The highest BCUT2D eigenvalue weighted by atomic mass is 32.2. The first-order valence-electron chi connectivity index (χ1n) is 13.0. The minimum Gasteiger partial charge on any atom is -0.455 e. The fourth-order valence-corrected chi connectivity index (χ4v) is 5.37. The van der Waals surface area contributed by atoms with Gasteiger partial charge in [-0.15, -0.1) is 0 Å². The molecule has 1 aromatic heterocycles. The van der Waals surface area contributed by atoms with Gasteiger partial charge < -0.3 is 15.0 Å². The molecule has 206 valence electrons. The number of nitrogens with zero attached hydrogens (tertiary/aromatic N) is 4. The first-order valence-corrected chi connectivity index (χ1v) is 14.4. The van der Waals surface area contributed by atoms with Crippen LogP contribution in [0.3, 0.4) is 0 Å². The summed E-state index contributed by atoms with van der Waals surface area (Å²) in [7, 11) is -3.91. The Hall–Kier alpha value is -4.48. The molecule has 10 nitrogen and oxygen atoms in total. The van der Waals surface area contributed by atoms with E-state index in [4.69, 9.17) is 4.74 Å². The van der Waals surface area contributed by atoms with Gasteiger partial charge in [0.25, 0.3) is 15.9 Å². The van der Waals surface area contributed by atoms with Crippen LogP contribution in [0.4, 0.5) is 11.6 Å². The van der Waals surface area contributed by atoms with Gasteiger partial charge in [0.2, 0.25) is 5.95 Å². The number of piperazine rings is 1. The van der Waals surface area contributed by atoms with E-state index in [0.717, 1.165) is 38.7 Å². The lowest BCUT2D eigenvalue weighted by Crippen LogP contribution is -2.49. The SMILES string of the molecule is O=C(NCCN1CCN(c2ncccn2)CC1)c1ccc(S(=O)(=O)Nc2ccccc2Oc2ccccc2)cc1. The molecule has 2 heterocycles. The number of hydrogen-bond donors (Lipinski definition) is 2. The summed E-state index contributed by atoms with van der Waals surface area (Å²) >= 11 is 0. The Kier molecular flexibility index (Phi) is 8.53. The lowest BCUT2D eigenvalue weighted by molar-refractivity contribution is 0.0947. The van der Waals surface area contributed by atoms with E-state index in [-0.39, 0.29) is 10.8 Å². The fraction of sp³-hybridized carbons (Fsp3) is 0.207. The first-order chi connectivity index (χ1) is 19.5. The average Bonchev–Trinajstić information content (AvgIpc) is 2.99. The molecule has 3 aromatic carbocycles. The van der Waals surface area contributed by atoms with Gasteiger partial charge in [-0.25, -0.2) is 18.4 Å². The van der Waals surface area contributed by atoms with Crippen molar-refractivity contribution in [1.82, 2.24) is 20.2 Å². The van der Waals surface area contributed by atoms with Crippen molar-refractivity contribution in [3.63, 3.8) is 0 Å². The third-order valence-electron chi connectivity index (χ3n) is 6.45. The highest BCUT2D eigenvalue weighted by molar-refractivity contribution is 7.92. The molecule has 11 heteroatoms. The largest absolute Gasteiger partial charge is 0.455 e.